The Hall–Kier alpha value is -3.68. The summed E-state index contributed by atoms with van der Waals surface area (Å²) in [5.74, 6) is -2.06. The zero-order chi connectivity index (χ0) is 24.5. The Kier molecular flexibility index (Phi) is 6.41. The van der Waals surface area contributed by atoms with E-state index in [0.717, 1.165) is 11.6 Å². The van der Waals surface area contributed by atoms with E-state index in [1.54, 1.807) is 30.3 Å². The average Bonchev–Trinajstić information content (AvgIpc) is 2.82. The van der Waals surface area contributed by atoms with Gasteiger partial charge in [0.15, 0.2) is 0 Å². The molecule has 1 unspecified atom stereocenters. The number of rotatable bonds is 5. The van der Waals surface area contributed by atoms with Gasteiger partial charge in [-0.2, -0.15) is 13.2 Å². The van der Waals surface area contributed by atoms with E-state index >= 15 is 0 Å². The summed E-state index contributed by atoms with van der Waals surface area (Å²) >= 11 is 0. The zero-order valence-electron chi connectivity index (χ0n) is 18.2. The number of ether oxygens (including phenoxy) is 1. The highest BCUT2D eigenvalue weighted by Gasteiger charge is 2.37. The first kappa shape index (κ1) is 23.5. The molecule has 4 nitrogen and oxygen atoms in total. The molecule has 0 radical (unpaired) electrons. The van der Waals surface area contributed by atoms with Crippen LogP contribution in [0.4, 0.5) is 23.2 Å². The minimum atomic E-state index is -4.58. The average molecular weight is 471 g/mol. The van der Waals surface area contributed by atoms with Crippen molar-refractivity contribution in [1.82, 2.24) is 0 Å². The molecule has 1 aliphatic heterocycles. The van der Waals surface area contributed by atoms with Gasteiger partial charge in [-0.1, -0.05) is 36.4 Å². The number of carbonyl (C=O) groups is 2. The Morgan fingerprint density at radius 2 is 1.74 bits per heavy atom. The molecule has 0 aliphatic carbocycles. The Balaban J connectivity index is 1.67. The number of amides is 1. The highest BCUT2D eigenvalue weighted by molar-refractivity contribution is 5.98. The van der Waals surface area contributed by atoms with Crippen molar-refractivity contribution >= 4 is 17.6 Å². The van der Waals surface area contributed by atoms with Crippen LogP contribution in [0.2, 0.25) is 0 Å². The maximum atomic E-state index is 14.7. The molecular weight excluding hydrogens is 450 g/mol. The summed E-state index contributed by atoms with van der Waals surface area (Å²) in [5, 5.41) is 0. The molecule has 8 heteroatoms. The smallest absolute Gasteiger partial charge is 0.416 e. The van der Waals surface area contributed by atoms with E-state index in [9.17, 15) is 27.2 Å². The van der Waals surface area contributed by atoms with Crippen LogP contribution in [-0.2, 0) is 35.1 Å². The van der Waals surface area contributed by atoms with Crippen molar-refractivity contribution in [3.8, 4) is 0 Å². The first-order valence-electron chi connectivity index (χ1n) is 10.6. The number of halogens is 4. The van der Waals surface area contributed by atoms with Crippen molar-refractivity contribution in [3.63, 3.8) is 0 Å². The van der Waals surface area contributed by atoms with E-state index in [1.165, 1.54) is 42.3 Å². The molecule has 0 spiro atoms. The molecule has 0 bridgehead atoms. The SMILES string of the molecule is COC(=O)c1ccc(CC2Cc3c(F)cccc3N(Cc3ccccc3C(F)(F)F)C2=O)cc1. The molecule has 0 N–H and O–H groups in total. The lowest BCUT2D eigenvalue weighted by molar-refractivity contribution is -0.138. The van der Waals surface area contributed by atoms with Gasteiger partial charge in [0.2, 0.25) is 5.91 Å². The second-order valence-electron chi connectivity index (χ2n) is 8.11. The van der Waals surface area contributed by atoms with Crippen LogP contribution >= 0.6 is 0 Å². The molecule has 1 amide bonds. The maximum absolute atomic E-state index is 14.7. The predicted octanol–water partition coefficient (Wildman–Crippen LogP) is 5.58. The lowest BCUT2D eigenvalue weighted by Crippen LogP contribution is -2.42. The number of hydrogen-bond acceptors (Lipinski definition) is 3. The van der Waals surface area contributed by atoms with E-state index in [2.05, 4.69) is 4.74 Å². The second kappa shape index (κ2) is 9.29. The van der Waals surface area contributed by atoms with E-state index < -0.39 is 29.4 Å². The summed E-state index contributed by atoms with van der Waals surface area (Å²) in [6.45, 7) is -0.331. The number of fused-ring (bicyclic) bond motifs is 1. The molecule has 0 saturated heterocycles. The van der Waals surface area contributed by atoms with Gasteiger partial charge >= 0.3 is 12.1 Å². The molecule has 3 aromatic carbocycles. The quantitative estimate of drug-likeness (QED) is 0.361. The van der Waals surface area contributed by atoms with Crippen molar-refractivity contribution in [2.75, 3.05) is 12.0 Å². The van der Waals surface area contributed by atoms with E-state index in [1.807, 2.05) is 0 Å². The molecular formula is C26H21F4NO3. The fourth-order valence-electron chi connectivity index (χ4n) is 4.28. The molecule has 1 aliphatic rings. The van der Waals surface area contributed by atoms with Gasteiger partial charge in [0, 0.05) is 11.5 Å². The highest BCUT2D eigenvalue weighted by Crippen LogP contribution is 2.37. The molecule has 1 heterocycles. The number of carbonyl (C=O) groups excluding carboxylic acids is 2. The predicted molar refractivity (Wildman–Crippen MR) is 118 cm³/mol. The Bertz CT molecular complexity index is 1220. The van der Waals surface area contributed by atoms with Gasteiger partial charge in [-0.3, -0.25) is 4.79 Å². The zero-order valence-corrected chi connectivity index (χ0v) is 18.2. The summed E-state index contributed by atoms with van der Waals surface area (Å²) < 4.78 is 60.0. The molecule has 1 atom stereocenters. The van der Waals surface area contributed by atoms with Crippen molar-refractivity contribution in [2.45, 2.75) is 25.6 Å². The number of anilines is 1. The van der Waals surface area contributed by atoms with Gasteiger partial charge in [0.25, 0.3) is 0 Å². The van der Waals surface area contributed by atoms with Crippen molar-refractivity contribution in [1.29, 1.82) is 0 Å². The molecule has 34 heavy (non-hydrogen) atoms. The van der Waals surface area contributed by atoms with Gasteiger partial charge < -0.3 is 9.64 Å². The third kappa shape index (κ3) is 4.66. The van der Waals surface area contributed by atoms with Crippen LogP contribution in [-0.4, -0.2) is 19.0 Å². The third-order valence-electron chi connectivity index (χ3n) is 5.96. The van der Waals surface area contributed by atoms with E-state index in [4.69, 9.17) is 0 Å². The largest absolute Gasteiger partial charge is 0.465 e. The fourth-order valence-corrected chi connectivity index (χ4v) is 4.28. The lowest BCUT2D eigenvalue weighted by Gasteiger charge is -2.35. The topological polar surface area (TPSA) is 46.6 Å². The van der Waals surface area contributed by atoms with Crippen LogP contribution in [0.5, 0.6) is 0 Å². The van der Waals surface area contributed by atoms with Crippen molar-refractivity contribution in [2.24, 2.45) is 5.92 Å². The monoisotopic (exact) mass is 471 g/mol. The van der Waals surface area contributed by atoms with E-state index in [0.29, 0.717) is 11.1 Å². The first-order valence-corrected chi connectivity index (χ1v) is 10.6. The Morgan fingerprint density at radius 1 is 1.03 bits per heavy atom. The van der Waals surface area contributed by atoms with Crippen LogP contribution in [0.15, 0.2) is 66.7 Å². The molecule has 4 rings (SSSR count). The third-order valence-corrected chi connectivity index (χ3v) is 5.96. The van der Waals surface area contributed by atoms with Crippen LogP contribution in [0.1, 0.15) is 32.6 Å². The molecule has 0 fully saturated rings. The number of esters is 1. The molecule has 0 saturated carbocycles. The van der Waals surface area contributed by atoms with E-state index in [-0.39, 0.29) is 36.5 Å². The number of nitrogens with zero attached hydrogens (tertiary/aromatic N) is 1. The van der Waals surface area contributed by atoms with Crippen LogP contribution < -0.4 is 4.90 Å². The van der Waals surface area contributed by atoms with Crippen molar-refractivity contribution < 1.29 is 31.9 Å². The van der Waals surface area contributed by atoms with Gasteiger partial charge in [0.05, 0.1) is 30.5 Å². The minimum Gasteiger partial charge on any atom is -0.465 e. The standard InChI is InChI=1S/C26H21F4NO3/c1-34-25(33)17-11-9-16(10-12-17)13-19-14-20-22(27)7-4-8-23(20)31(24(19)32)15-18-5-2-3-6-21(18)26(28,29)30/h2-12,19H,13-15H2,1H3. The molecule has 0 aromatic heterocycles. The number of alkyl halides is 3. The highest BCUT2D eigenvalue weighted by atomic mass is 19.4. The summed E-state index contributed by atoms with van der Waals surface area (Å²) in [6.07, 6.45) is -4.22. The summed E-state index contributed by atoms with van der Waals surface area (Å²) in [6, 6.07) is 15.8. The number of hydrogen-bond donors (Lipinski definition) is 0. The van der Waals surface area contributed by atoms with Gasteiger partial charge in [-0.25, -0.2) is 9.18 Å². The minimum absolute atomic E-state index is 0.0679. The summed E-state index contributed by atoms with van der Waals surface area (Å²) in [7, 11) is 1.27. The lowest BCUT2D eigenvalue weighted by atomic mass is 9.86. The van der Waals surface area contributed by atoms with Gasteiger partial charge in [-0.15, -0.1) is 0 Å². The summed E-state index contributed by atoms with van der Waals surface area (Å²) in [5.41, 5.74) is 0.759. The Labute approximate surface area is 193 Å². The number of benzene rings is 3. The van der Waals surface area contributed by atoms with Gasteiger partial charge in [-0.05, 0) is 54.3 Å². The van der Waals surface area contributed by atoms with Crippen LogP contribution in [0.3, 0.4) is 0 Å². The molecule has 3 aromatic rings. The van der Waals surface area contributed by atoms with Crippen LogP contribution in [0, 0.1) is 11.7 Å². The normalized spacial score (nSPS) is 15.7. The fraction of sp³-hybridized carbons (Fsp3) is 0.231. The maximum Gasteiger partial charge on any atom is 0.416 e. The summed E-state index contributed by atoms with van der Waals surface area (Å²) in [4.78, 5) is 26.3. The van der Waals surface area contributed by atoms with Crippen molar-refractivity contribution in [3.05, 3.63) is 100 Å². The van der Waals surface area contributed by atoms with Crippen LogP contribution in [0.25, 0.3) is 0 Å². The van der Waals surface area contributed by atoms with Gasteiger partial charge in [0.1, 0.15) is 5.82 Å². The Morgan fingerprint density at radius 3 is 2.41 bits per heavy atom. The first-order chi connectivity index (χ1) is 16.2. The second-order valence-corrected chi connectivity index (χ2v) is 8.11. The molecule has 176 valence electrons. The number of methoxy groups -OCH3 is 1.